The van der Waals surface area contributed by atoms with Gasteiger partial charge in [-0.3, -0.25) is 9.59 Å². The number of nitrogens with one attached hydrogen (secondary N) is 2. The second-order valence-corrected chi connectivity index (χ2v) is 6.26. The molecule has 1 aliphatic rings. The van der Waals surface area contributed by atoms with Crippen molar-refractivity contribution in [2.24, 2.45) is 0 Å². The van der Waals surface area contributed by atoms with Crippen LogP contribution in [-0.2, 0) is 4.79 Å². The summed E-state index contributed by atoms with van der Waals surface area (Å²) in [5.41, 5.74) is 1.22. The minimum absolute atomic E-state index is 0.140. The smallest absolute Gasteiger partial charge is 0.253 e. The van der Waals surface area contributed by atoms with Crippen LogP contribution in [0.25, 0.3) is 0 Å². The molecule has 1 aliphatic heterocycles. The first-order chi connectivity index (χ1) is 12.5. The number of amides is 2. The van der Waals surface area contributed by atoms with Crippen molar-refractivity contribution in [3.05, 3.63) is 58.6 Å². The van der Waals surface area contributed by atoms with E-state index in [1.807, 2.05) is 25.1 Å². The third-order valence-electron chi connectivity index (χ3n) is 3.97. The second-order valence-electron chi connectivity index (χ2n) is 5.85. The fraction of sp³-hybridized carbons (Fsp3) is 0.263. The van der Waals surface area contributed by atoms with Gasteiger partial charge < -0.3 is 20.1 Å². The molecule has 1 atom stereocenters. The van der Waals surface area contributed by atoms with Crippen molar-refractivity contribution in [3.8, 4) is 11.5 Å². The van der Waals surface area contributed by atoms with Crippen LogP contribution in [0.4, 0.5) is 0 Å². The van der Waals surface area contributed by atoms with Gasteiger partial charge in [-0.2, -0.15) is 0 Å². The van der Waals surface area contributed by atoms with Crippen LogP contribution in [0.2, 0.25) is 5.02 Å². The van der Waals surface area contributed by atoms with Crippen molar-refractivity contribution in [1.82, 2.24) is 10.6 Å². The molecule has 26 heavy (non-hydrogen) atoms. The van der Waals surface area contributed by atoms with Gasteiger partial charge in [0.1, 0.15) is 13.2 Å². The van der Waals surface area contributed by atoms with Gasteiger partial charge in [0.15, 0.2) is 11.5 Å². The number of carbonyl (C=O) groups is 2. The minimum atomic E-state index is -0.391. The number of carbonyl (C=O) groups excluding carboxylic acids is 2. The average Bonchev–Trinajstić information content (AvgIpc) is 2.66. The molecule has 0 saturated carbocycles. The van der Waals surface area contributed by atoms with Gasteiger partial charge in [-0.25, -0.2) is 0 Å². The number of ether oxygens (including phenoxy) is 2. The van der Waals surface area contributed by atoms with Crippen LogP contribution < -0.4 is 20.1 Å². The first-order valence-corrected chi connectivity index (χ1v) is 8.64. The van der Waals surface area contributed by atoms with Crippen LogP contribution >= 0.6 is 11.6 Å². The van der Waals surface area contributed by atoms with E-state index in [0.29, 0.717) is 35.3 Å². The summed E-state index contributed by atoms with van der Waals surface area (Å²) in [5.74, 6) is 0.679. The van der Waals surface area contributed by atoms with E-state index in [1.165, 1.54) is 0 Å². The number of fused-ring (bicyclic) bond motifs is 1. The van der Waals surface area contributed by atoms with Gasteiger partial charge in [-0.15, -0.1) is 0 Å². The number of halogens is 1. The van der Waals surface area contributed by atoms with Gasteiger partial charge in [0.25, 0.3) is 5.91 Å². The number of hydrogen-bond acceptors (Lipinski definition) is 4. The quantitative estimate of drug-likeness (QED) is 0.843. The molecule has 0 fully saturated rings. The summed E-state index contributed by atoms with van der Waals surface area (Å²) in [6.45, 7) is 2.76. The minimum Gasteiger partial charge on any atom is -0.486 e. The molecule has 0 bridgehead atoms. The Kier molecular flexibility index (Phi) is 5.63. The summed E-state index contributed by atoms with van der Waals surface area (Å²) in [4.78, 5) is 24.2. The molecule has 0 aromatic heterocycles. The first-order valence-electron chi connectivity index (χ1n) is 8.26. The van der Waals surface area contributed by atoms with Crippen LogP contribution in [0.15, 0.2) is 42.5 Å². The molecule has 2 N–H and O–H groups in total. The predicted octanol–water partition coefficient (Wildman–Crippen LogP) is 2.72. The van der Waals surface area contributed by atoms with Crippen LogP contribution in [0.1, 0.15) is 28.9 Å². The van der Waals surface area contributed by atoms with Gasteiger partial charge in [0.2, 0.25) is 5.91 Å². The van der Waals surface area contributed by atoms with E-state index >= 15 is 0 Å². The van der Waals surface area contributed by atoms with Crippen molar-refractivity contribution < 1.29 is 19.1 Å². The third-order valence-corrected chi connectivity index (χ3v) is 4.30. The summed E-state index contributed by atoms with van der Waals surface area (Å²) in [6, 6.07) is 12.0. The Morgan fingerprint density at radius 2 is 1.85 bits per heavy atom. The molecule has 3 rings (SSSR count). The van der Waals surface area contributed by atoms with Crippen molar-refractivity contribution in [2.45, 2.75) is 13.0 Å². The zero-order valence-corrected chi connectivity index (χ0v) is 15.0. The lowest BCUT2D eigenvalue weighted by Gasteiger charge is -2.21. The highest BCUT2D eigenvalue weighted by molar-refractivity contribution is 6.33. The predicted molar refractivity (Wildman–Crippen MR) is 97.8 cm³/mol. The summed E-state index contributed by atoms with van der Waals surface area (Å²) in [7, 11) is 0. The summed E-state index contributed by atoms with van der Waals surface area (Å²) < 4.78 is 11.0. The average molecular weight is 375 g/mol. The molecule has 2 aromatic carbocycles. The SMILES string of the molecule is C[C@@H](NC(=O)CNC(=O)c1ccccc1Cl)c1ccc2c(c1)OCCO2. The van der Waals surface area contributed by atoms with Crippen molar-refractivity contribution in [1.29, 1.82) is 0 Å². The Morgan fingerprint density at radius 3 is 2.62 bits per heavy atom. The lowest BCUT2D eigenvalue weighted by molar-refractivity contribution is -0.120. The second kappa shape index (κ2) is 8.10. The van der Waals surface area contributed by atoms with E-state index in [1.54, 1.807) is 24.3 Å². The molecular weight excluding hydrogens is 356 g/mol. The highest BCUT2D eigenvalue weighted by atomic mass is 35.5. The molecule has 1 heterocycles. The maximum atomic E-state index is 12.1. The van der Waals surface area contributed by atoms with Gasteiger partial charge in [-0.05, 0) is 36.8 Å². The van der Waals surface area contributed by atoms with E-state index in [-0.39, 0.29) is 18.5 Å². The number of benzene rings is 2. The van der Waals surface area contributed by atoms with Gasteiger partial charge >= 0.3 is 0 Å². The lowest BCUT2D eigenvalue weighted by atomic mass is 10.1. The maximum absolute atomic E-state index is 12.1. The van der Waals surface area contributed by atoms with Crippen LogP contribution in [-0.4, -0.2) is 31.6 Å². The van der Waals surface area contributed by atoms with Gasteiger partial charge in [-0.1, -0.05) is 29.8 Å². The van der Waals surface area contributed by atoms with Gasteiger partial charge in [0.05, 0.1) is 23.2 Å². The monoisotopic (exact) mass is 374 g/mol. The largest absolute Gasteiger partial charge is 0.486 e. The molecule has 0 spiro atoms. The van der Waals surface area contributed by atoms with Crippen LogP contribution in [0.5, 0.6) is 11.5 Å². The molecule has 2 aromatic rings. The Labute approximate surface area is 156 Å². The maximum Gasteiger partial charge on any atom is 0.253 e. The number of rotatable bonds is 5. The highest BCUT2D eigenvalue weighted by Crippen LogP contribution is 2.32. The molecule has 0 aliphatic carbocycles. The summed E-state index contributed by atoms with van der Waals surface area (Å²) in [5, 5.41) is 5.75. The molecule has 136 valence electrons. The van der Waals surface area contributed by atoms with Crippen molar-refractivity contribution in [2.75, 3.05) is 19.8 Å². The normalized spacial score (nSPS) is 13.6. The summed E-state index contributed by atoms with van der Waals surface area (Å²) in [6.07, 6.45) is 0. The standard InChI is InChI=1S/C19H19ClN2O4/c1-12(13-6-7-16-17(10-13)26-9-8-25-16)22-18(23)11-21-19(24)14-4-2-3-5-15(14)20/h2-7,10,12H,8-9,11H2,1H3,(H,21,24)(H,22,23)/t12-/m1/s1. The van der Waals surface area contributed by atoms with E-state index in [2.05, 4.69) is 10.6 Å². The van der Waals surface area contributed by atoms with E-state index in [0.717, 1.165) is 5.56 Å². The molecule has 2 amide bonds. The van der Waals surface area contributed by atoms with Crippen molar-refractivity contribution in [3.63, 3.8) is 0 Å². The van der Waals surface area contributed by atoms with Crippen molar-refractivity contribution >= 4 is 23.4 Å². The third kappa shape index (κ3) is 4.26. The zero-order chi connectivity index (χ0) is 18.5. The fourth-order valence-electron chi connectivity index (χ4n) is 2.61. The zero-order valence-electron chi connectivity index (χ0n) is 14.3. The topological polar surface area (TPSA) is 76.7 Å². The van der Waals surface area contributed by atoms with Crippen LogP contribution in [0, 0.1) is 0 Å². The molecule has 0 saturated heterocycles. The van der Waals surface area contributed by atoms with E-state index in [4.69, 9.17) is 21.1 Å². The molecule has 0 unspecified atom stereocenters. The number of hydrogen-bond donors (Lipinski definition) is 2. The van der Waals surface area contributed by atoms with E-state index in [9.17, 15) is 9.59 Å². The molecular formula is C19H19ClN2O4. The fourth-order valence-corrected chi connectivity index (χ4v) is 2.83. The molecule has 0 radical (unpaired) electrons. The Morgan fingerprint density at radius 1 is 1.12 bits per heavy atom. The van der Waals surface area contributed by atoms with E-state index < -0.39 is 5.91 Å². The summed E-state index contributed by atoms with van der Waals surface area (Å²) >= 11 is 5.97. The van der Waals surface area contributed by atoms with Crippen LogP contribution in [0.3, 0.4) is 0 Å². The Bertz CT molecular complexity index is 825. The first kappa shape index (κ1) is 18.1. The highest BCUT2D eigenvalue weighted by Gasteiger charge is 2.16. The molecule has 7 heteroatoms. The Balaban J connectivity index is 1.54. The molecule has 6 nitrogen and oxygen atoms in total. The Hall–Kier alpha value is -2.73. The lowest BCUT2D eigenvalue weighted by Crippen LogP contribution is -2.38. The van der Waals surface area contributed by atoms with Gasteiger partial charge in [0, 0.05) is 0 Å².